The van der Waals surface area contributed by atoms with Gasteiger partial charge in [-0.05, 0) is 23.7 Å². The second-order valence-electron chi connectivity index (χ2n) is 4.61. The van der Waals surface area contributed by atoms with Crippen LogP contribution in [0.25, 0.3) is 0 Å². The molecule has 0 bridgehead atoms. The number of carboxylic acid groups (broad SMARTS) is 1. The van der Waals surface area contributed by atoms with Crippen LogP contribution in [0.1, 0.15) is 28.5 Å². The number of carbonyl (C=O) groups is 1. The van der Waals surface area contributed by atoms with Crippen LogP contribution in [0, 0.1) is 0 Å². The van der Waals surface area contributed by atoms with Gasteiger partial charge in [-0.1, -0.05) is 43.3 Å². The molecule has 1 N–H and O–H groups in total. The molecular weight excluding hydrogens is 252 g/mol. The third-order valence-electron chi connectivity index (χ3n) is 3.18. The van der Waals surface area contributed by atoms with Crippen molar-refractivity contribution in [3.63, 3.8) is 0 Å². The monoisotopic (exact) mass is 270 g/mol. The molecule has 1 heterocycles. The van der Waals surface area contributed by atoms with Gasteiger partial charge in [-0.2, -0.15) is 0 Å². The van der Waals surface area contributed by atoms with Gasteiger partial charge in [-0.15, -0.1) is 0 Å². The summed E-state index contributed by atoms with van der Waals surface area (Å²) < 4.78 is 0. The SMILES string of the molecule is CCN(Cc1ccccc1)Cc1cccnc1C(=O)O. The number of hydrogen-bond donors (Lipinski definition) is 1. The van der Waals surface area contributed by atoms with E-state index in [1.54, 1.807) is 6.07 Å². The zero-order chi connectivity index (χ0) is 14.4. The minimum atomic E-state index is -0.976. The van der Waals surface area contributed by atoms with Gasteiger partial charge in [0.05, 0.1) is 0 Å². The van der Waals surface area contributed by atoms with Crippen LogP contribution in [0.5, 0.6) is 0 Å². The molecule has 20 heavy (non-hydrogen) atoms. The minimum absolute atomic E-state index is 0.138. The van der Waals surface area contributed by atoms with Gasteiger partial charge in [0.1, 0.15) is 0 Å². The van der Waals surface area contributed by atoms with Crippen molar-refractivity contribution in [2.24, 2.45) is 0 Å². The normalized spacial score (nSPS) is 10.7. The summed E-state index contributed by atoms with van der Waals surface area (Å²) in [5, 5.41) is 9.16. The number of pyridine rings is 1. The van der Waals surface area contributed by atoms with Gasteiger partial charge in [-0.25, -0.2) is 9.78 Å². The molecule has 0 atom stereocenters. The highest BCUT2D eigenvalue weighted by Gasteiger charge is 2.13. The van der Waals surface area contributed by atoms with E-state index < -0.39 is 5.97 Å². The molecule has 0 saturated heterocycles. The second kappa shape index (κ2) is 6.82. The first-order valence-corrected chi connectivity index (χ1v) is 6.64. The van der Waals surface area contributed by atoms with E-state index in [0.717, 1.165) is 18.7 Å². The Morgan fingerprint density at radius 1 is 1.15 bits per heavy atom. The average molecular weight is 270 g/mol. The van der Waals surface area contributed by atoms with Gasteiger partial charge in [-0.3, -0.25) is 4.90 Å². The lowest BCUT2D eigenvalue weighted by atomic mass is 10.1. The first kappa shape index (κ1) is 14.2. The van der Waals surface area contributed by atoms with Crippen molar-refractivity contribution in [2.45, 2.75) is 20.0 Å². The topological polar surface area (TPSA) is 53.4 Å². The summed E-state index contributed by atoms with van der Waals surface area (Å²) in [5.74, 6) is -0.976. The fourth-order valence-electron chi connectivity index (χ4n) is 2.12. The van der Waals surface area contributed by atoms with Crippen LogP contribution in [-0.2, 0) is 13.1 Å². The van der Waals surface area contributed by atoms with Crippen molar-refractivity contribution in [3.05, 3.63) is 65.5 Å². The van der Waals surface area contributed by atoms with Gasteiger partial charge >= 0.3 is 5.97 Å². The maximum Gasteiger partial charge on any atom is 0.354 e. The van der Waals surface area contributed by atoms with E-state index in [2.05, 4.69) is 28.9 Å². The van der Waals surface area contributed by atoms with Crippen LogP contribution in [-0.4, -0.2) is 27.5 Å². The number of benzene rings is 1. The van der Waals surface area contributed by atoms with E-state index in [0.29, 0.717) is 6.54 Å². The quantitative estimate of drug-likeness (QED) is 0.877. The Morgan fingerprint density at radius 3 is 2.55 bits per heavy atom. The largest absolute Gasteiger partial charge is 0.477 e. The Morgan fingerprint density at radius 2 is 1.90 bits per heavy atom. The fourth-order valence-corrected chi connectivity index (χ4v) is 2.12. The molecule has 0 radical (unpaired) electrons. The van der Waals surface area contributed by atoms with E-state index in [1.165, 1.54) is 11.8 Å². The van der Waals surface area contributed by atoms with Crippen LogP contribution in [0.4, 0.5) is 0 Å². The van der Waals surface area contributed by atoms with Gasteiger partial charge in [0.15, 0.2) is 5.69 Å². The Bertz CT molecular complexity index is 570. The van der Waals surface area contributed by atoms with E-state index in [1.807, 2.05) is 24.3 Å². The summed E-state index contributed by atoms with van der Waals surface area (Å²) in [5.41, 5.74) is 2.10. The molecule has 0 amide bonds. The van der Waals surface area contributed by atoms with Crippen LogP contribution in [0.2, 0.25) is 0 Å². The molecule has 2 rings (SSSR count). The number of nitrogens with zero attached hydrogens (tertiary/aromatic N) is 2. The fraction of sp³-hybridized carbons (Fsp3) is 0.250. The Labute approximate surface area is 118 Å². The lowest BCUT2D eigenvalue weighted by Crippen LogP contribution is -2.23. The van der Waals surface area contributed by atoms with Gasteiger partial charge in [0.2, 0.25) is 0 Å². The van der Waals surface area contributed by atoms with Gasteiger partial charge in [0.25, 0.3) is 0 Å². The number of rotatable bonds is 6. The predicted octanol–water partition coefficient (Wildman–Crippen LogP) is 2.80. The van der Waals surface area contributed by atoms with E-state index in [-0.39, 0.29) is 5.69 Å². The molecule has 0 spiro atoms. The van der Waals surface area contributed by atoms with Crippen LogP contribution in [0.3, 0.4) is 0 Å². The van der Waals surface area contributed by atoms with E-state index in [4.69, 9.17) is 5.11 Å². The van der Waals surface area contributed by atoms with Crippen molar-refractivity contribution in [1.82, 2.24) is 9.88 Å². The zero-order valence-corrected chi connectivity index (χ0v) is 11.5. The summed E-state index contributed by atoms with van der Waals surface area (Å²) in [6.07, 6.45) is 1.51. The van der Waals surface area contributed by atoms with Crippen molar-refractivity contribution < 1.29 is 9.90 Å². The Hall–Kier alpha value is -2.20. The molecule has 0 saturated carbocycles. The Kier molecular flexibility index (Phi) is 4.85. The van der Waals surface area contributed by atoms with Crippen LogP contribution >= 0.6 is 0 Å². The number of carboxylic acids is 1. The highest BCUT2D eigenvalue weighted by molar-refractivity contribution is 5.86. The van der Waals surface area contributed by atoms with Crippen molar-refractivity contribution in [1.29, 1.82) is 0 Å². The number of hydrogen-bond acceptors (Lipinski definition) is 3. The molecule has 0 aliphatic rings. The summed E-state index contributed by atoms with van der Waals surface area (Å²) in [6.45, 7) is 4.30. The molecule has 0 fully saturated rings. The molecule has 1 aromatic carbocycles. The smallest absolute Gasteiger partial charge is 0.354 e. The number of aromatic nitrogens is 1. The molecule has 1 aromatic heterocycles. The van der Waals surface area contributed by atoms with E-state index >= 15 is 0 Å². The molecule has 0 unspecified atom stereocenters. The van der Waals surface area contributed by atoms with E-state index in [9.17, 15) is 4.79 Å². The van der Waals surface area contributed by atoms with Crippen molar-refractivity contribution in [3.8, 4) is 0 Å². The highest BCUT2D eigenvalue weighted by atomic mass is 16.4. The summed E-state index contributed by atoms with van der Waals surface area (Å²) in [4.78, 5) is 17.3. The maximum absolute atomic E-state index is 11.2. The minimum Gasteiger partial charge on any atom is -0.477 e. The predicted molar refractivity (Wildman–Crippen MR) is 77.4 cm³/mol. The number of aromatic carboxylic acids is 1. The molecule has 0 aliphatic carbocycles. The molecular formula is C16H18N2O2. The third kappa shape index (κ3) is 3.65. The molecule has 0 aliphatic heterocycles. The highest BCUT2D eigenvalue weighted by Crippen LogP contribution is 2.12. The average Bonchev–Trinajstić information content (AvgIpc) is 2.48. The second-order valence-corrected chi connectivity index (χ2v) is 4.61. The molecule has 2 aromatic rings. The molecule has 104 valence electrons. The Balaban J connectivity index is 2.13. The van der Waals surface area contributed by atoms with Crippen LogP contribution < -0.4 is 0 Å². The standard InChI is InChI=1S/C16H18N2O2/c1-2-18(11-13-7-4-3-5-8-13)12-14-9-6-10-17-15(14)16(19)20/h3-10H,2,11-12H2,1H3,(H,19,20). The third-order valence-corrected chi connectivity index (χ3v) is 3.18. The maximum atomic E-state index is 11.2. The lowest BCUT2D eigenvalue weighted by molar-refractivity contribution is 0.0687. The first-order chi connectivity index (χ1) is 9.70. The van der Waals surface area contributed by atoms with Crippen molar-refractivity contribution in [2.75, 3.05) is 6.54 Å². The molecule has 4 heteroatoms. The van der Waals surface area contributed by atoms with Gasteiger partial charge < -0.3 is 5.11 Å². The summed E-state index contributed by atoms with van der Waals surface area (Å²) in [6, 6.07) is 13.8. The van der Waals surface area contributed by atoms with Crippen molar-refractivity contribution >= 4 is 5.97 Å². The van der Waals surface area contributed by atoms with Gasteiger partial charge in [0, 0.05) is 19.3 Å². The first-order valence-electron chi connectivity index (χ1n) is 6.64. The molecule has 4 nitrogen and oxygen atoms in total. The summed E-state index contributed by atoms with van der Waals surface area (Å²) >= 11 is 0. The summed E-state index contributed by atoms with van der Waals surface area (Å²) in [7, 11) is 0. The lowest BCUT2D eigenvalue weighted by Gasteiger charge is -2.21. The van der Waals surface area contributed by atoms with Crippen LogP contribution in [0.15, 0.2) is 48.7 Å². The zero-order valence-electron chi connectivity index (χ0n) is 11.5.